The fourth-order valence-corrected chi connectivity index (χ4v) is 3.92. The van der Waals surface area contributed by atoms with Crippen LogP contribution in [-0.2, 0) is 0 Å². The summed E-state index contributed by atoms with van der Waals surface area (Å²) in [5.74, 6) is -0.249. The Kier molecular flexibility index (Phi) is 3.03. The minimum absolute atomic E-state index is 0.249. The smallest absolute Gasteiger partial charge is 0.123 e. The van der Waals surface area contributed by atoms with Gasteiger partial charge in [0.2, 0.25) is 0 Å². The maximum absolute atomic E-state index is 13.5. The Labute approximate surface area is 145 Å². The molecular weight excluding hydrogens is 311 g/mol. The van der Waals surface area contributed by atoms with E-state index in [2.05, 4.69) is 18.2 Å². The number of hydrogen-bond donors (Lipinski definition) is 1. The standard InChI is InChI=1S/C23H15FO/c24-16-11-9-14(10-12-16)21-17-6-2-1-5-15(17)13-20-22(21)18-7-3-4-8-19(18)23(20)25/h1-13,23,25H. The molecule has 0 spiro atoms. The first kappa shape index (κ1) is 14.4. The van der Waals surface area contributed by atoms with Gasteiger partial charge in [-0.1, -0.05) is 60.7 Å². The van der Waals surface area contributed by atoms with E-state index in [4.69, 9.17) is 0 Å². The molecule has 1 aliphatic rings. The molecule has 5 rings (SSSR count). The van der Waals surface area contributed by atoms with Gasteiger partial charge in [-0.3, -0.25) is 0 Å². The van der Waals surface area contributed by atoms with Gasteiger partial charge in [0, 0.05) is 0 Å². The van der Waals surface area contributed by atoms with Gasteiger partial charge in [0.15, 0.2) is 0 Å². The van der Waals surface area contributed by atoms with Gasteiger partial charge in [-0.2, -0.15) is 0 Å². The molecule has 1 aliphatic carbocycles. The molecule has 1 atom stereocenters. The minimum Gasteiger partial charge on any atom is -0.384 e. The van der Waals surface area contributed by atoms with Crippen LogP contribution in [0.5, 0.6) is 0 Å². The third-order valence-corrected chi connectivity index (χ3v) is 5.03. The maximum atomic E-state index is 13.5. The van der Waals surface area contributed by atoms with E-state index in [-0.39, 0.29) is 5.82 Å². The molecule has 0 radical (unpaired) electrons. The molecule has 0 aliphatic heterocycles. The van der Waals surface area contributed by atoms with E-state index in [0.717, 1.165) is 44.2 Å². The van der Waals surface area contributed by atoms with Gasteiger partial charge >= 0.3 is 0 Å². The zero-order valence-electron chi connectivity index (χ0n) is 13.4. The van der Waals surface area contributed by atoms with Crippen molar-refractivity contribution in [1.29, 1.82) is 0 Å². The van der Waals surface area contributed by atoms with Crippen molar-refractivity contribution in [3.05, 3.63) is 95.8 Å². The van der Waals surface area contributed by atoms with Crippen molar-refractivity contribution in [2.24, 2.45) is 0 Å². The summed E-state index contributed by atoms with van der Waals surface area (Å²) < 4.78 is 13.5. The Bertz CT molecular complexity index is 1110. The van der Waals surface area contributed by atoms with E-state index in [1.807, 2.05) is 48.5 Å². The SMILES string of the molecule is OC1c2ccccc2-c2c1cc1ccccc1c2-c1ccc(F)cc1. The molecule has 1 nitrogen and oxygen atoms in total. The summed E-state index contributed by atoms with van der Waals surface area (Å²) in [6.45, 7) is 0. The van der Waals surface area contributed by atoms with E-state index in [0.29, 0.717) is 0 Å². The van der Waals surface area contributed by atoms with E-state index in [1.165, 1.54) is 12.1 Å². The van der Waals surface area contributed by atoms with Gasteiger partial charge in [0.25, 0.3) is 0 Å². The molecule has 120 valence electrons. The quantitative estimate of drug-likeness (QED) is 0.475. The fourth-order valence-electron chi connectivity index (χ4n) is 3.92. The molecule has 4 aromatic rings. The van der Waals surface area contributed by atoms with Crippen LogP contribution in [0.3, 0.4) is 0 Å². The lowest BCUT2D eigenvalue weighted by Crippen LogP contribution is -1.95. The molecule has 2 heteroatoms. The van der Waals surface area contributed by atoms with Crippen molar-refractivity contribution in [2.75, 3.05) is 0 Å². The maximum Gasteiger partial charge on any atom is 0.123 e. The highest BCUT2D eigenvalue weighted by atomic mass is 19.1. The van der Waals surface area contributed by atoms with Gasteiger partial charge in [0.05, 0.1) is 0 Å². The number of aliphatic hydroxyl groups is 1. The van der Waals surface area contributed by atoms with E-state index in [9.17, 15) is 9.50 Å². The van der Waals surface area contributed by atoms with Gasteiger partial charge in [0.1, 0.15) is 11.9 Å². The van der Waals surface area contributed by atoms with Crippen LogP contribution in [0, 0.1) is 5.82 Å². The summed E-state index contributed by atoms with van der Waals surface area (Å²) in [4.78, 5) is 0. The summed E-state index contributed by atoms with van der Waals surface area (Å²) in [6.07, 6.45) is -0.630. The van der Waals surface area contributed by atoms with Crippen molar-refractivity contribution in [3.63, 3.8) is 0 Å². The molecule has 0 amide bonds. The van der Waals surface area contributed by atoms with Crippen LogP contribution in [0.1, 0.15) is 17.2 Å². The van der Waals surface area contributed by atoms with Crippen LogP contribution in [0.25, 0.3) is 33.0 Å². The van der Waals surface area contributed by atoms with E-state index < -0.39 is 6.10 Å². The van der Waals surface area contributed by atoms with E-state index >= 15 is 0 Å². The third-order valence-electron chi connectivity index (χ3n) is 5.03. The molecule has 0 saturated heterocycles. The molecule has 4 aromatic carbocycles. The number of aliphatic hydroxyl groups excluding tert-OH is 1. The summed E-state index contributed by atoms with van der Waals surface area (Å²) in [6, 6.07) is 24.8. The number of benzene rings is 4. The van der Waals surface area contributed by atoms with Gasteiger partial charge in [-0.15, -0.1) is 0 Å². The summed E-state index contributed by atoms with van der Waals surface area (Å²) >= 11 is 0. The summed E-state index contributed by atoms with van der Waals surface area (Å²) in [5.41, 5.74) is 5.95. The zero-order valence-corrected chi connectivity index (χ0v) is 13.4. The van der Waals surface area contributed by atoms with Gasteiger partial charge in [-0.05, 0) is 62.4 Å². The molecule has 0 fully saturated rings. The van der Waals surface area contributed by atoms with Crippen molar-refractivity contribution >= 4 is 10.8 Å². The van der Waals surface area contributed by atoms with Crippen LogP contribution in [-0.4, -0.2) is 5.11 Å². The van der Waals surface area contributed by atoms with Crippen LogP contribution in [0.15, 0.2) is 78.9 Å². The lowest BCUT2D eigenvalue weighted by molar-refractivity contribution is 0.225. The second kappa shape index (κ2) is 5.27. The number of halogens is 1. The highest BCUT2D eigenvalue weighted by Gasteiger charge is 2.30. The first-order valence-electron chi connectivity index (χ1n) is 8.33. The highest BCUT2D eigenvalue weighted by molar-refractivity contribution is 6.07. The molecule has 1 unspecified atom stereocenters. The monoisotopic (exact) mass is 326 g/mol. The van der Waals surface area contributed by atoms with Gasteiger partial charge < -0.3 is 5.11 Å². The first-order chi connectivity index (χ1) is 12.2. The Balaban J connectivity index is 1.95. The van der Waals surface area contributed by atoms with Crippen LogP contribution >= 0.6 is 0 Å². The summed E-state index contributed by atoms with van der Waals surface area (Å²) in [5, 5.41) is 13.0. The minimum atomic E-state index is -0.630. The largest absolute Gasteiger partial charge is 0.384 e. The average molecular weight is 326 g/mol. The number of rotatable bonds is 1. The third kappa shape index (κ3) is 2.04. The van der Waals surface area contributed by atoms with Crippen LogP contribution in [0.2, 0.25) is 0 Å². The lowest BCUT2D eigenvalue weighted by Gasteiger charge is -2.15. The normalized spacial score (nSPS) is 15.2. The Morgan fingerprint density at radius 3 is 2.28 bits per heavy atom. The Hall–Kier alpha value is -2.97. The topological polar surface area (TPSA) is 20.2 Å². The molecule has 0 aromatic heterocycles. The molecular formula is C23H15FO. The van der Waals surface area contributed by atoms with Gasteiger partial charge in [-0.25, -0.2) is 4.39 Å². The second-order valence-electron chi connectivity index (χ2n) is 6.43. The number of fused-ring (bicyclic) bond motifs is 4. The molecule has 0 heterocycles. The van der Waals surface area contributed by atoms with Crippen LogP contribution < -0.4 is 0 Å². The van der Waals surface area contributed by atoms with Crippen molar-refractivity contribution in [3.8, 4) is 22.3 Å². The van der Waals surface area contributed by atoms with E-state index in [1.54, 1.807) is 0 Å². The zero-order chi connectivity index (χ0) is 17.0. The molecule has 0 saturated carbocycles. The predicted molar refractivity (Wildman–Crippen MR) is 98.8 cm³/mol. The second-order valence-corrected chi connectivity index (χ2v) is 6.43. The average Bonchev–Trinajstić information content (AvgIpc) is 2.93. The fraction of sp³-hybridized carbons (Fsp3) is 0.0435. The summed E-state index contributed by atoms with van der Waals surface area (Å²) in [7, 11) is 0. The van der Waals surface area contributed by atoms with Crippen molar-refractivity contribution in [1.82, 2.24) is 0 Å². The highest BCUT2D eigenvalue weighted by Crippen LogP contribution is 2.50. The Morgan fingerprint density at radius 1 is 0.720 bits per heavy atom. The first-order valence-corrected chi connectivity index (χ1v) is 8.33. The number of hydrogen-bond acceptors (Lipinski definition) is 1. The predicted octanol–water partition coefficient (Wildman–Crippen LogP) is 5.71. The Morgan fingerprint density at radius 2 is 1.44 bits per heavy atom. The van der Waals surface area contributed by atoms with Crippen molar-refractivity contribution < 1.29 is 9.50 Å². The molecule has 25 heavy (non-hydrogen) atoms. The molecule has 0 bridgehead atoms. The van der Waals surface area contributed by atoms with Crippen LogP contribution in [0.4, 0.5) is 4.39 Å². The van der Waals surface area contributed by atoms with Crippen molar-refractivity contribution in [2.45, 2.75) is 6.10 Å². The lowest BCUT2D eigenvalue weighted by atomic mass is 9.89. The molecule has 1 N–H and O–H groups in total.